The van der Waals surface area contributed by atoms with E-state index >= 15 is 0 Å². The van der Waals surface area contributed by atoms with Crippen LogP contribution in [0.1, 0.15) is 47.0 Å². The fourth-order valence-corrected chi connectivity index (χ4v) is 2.60. The van der Waals surface area contributed by atoms with Gasteiger partial charge in [-0.05, 0) is 39.7 Å². The van der Waals surface area contributed by atoms with Gasteiger partial charge in [-0.1, -0.05) is 20.3 Å². The van der Waals surface area contributed by atoms with E-state index < -0.39 is 5.60 Å². The number of rotatable bonds is 3. The van der Waals surface area contributed by atoms with Crippen LogP contribution < -0.4 is 0 Å². The quantitative estimate of drug-likeness (QED) is 0.753. The predicted molar refractivity (Wildman–Crippen MR) is 60.3 cm³/mol. The Morgan fingerprint density at radius 1 is 1.43 bits per heavy atom. The highest BCUT2D eigenvalue weighted by Gasteiger charge is 2.48. The van der Waals surface area contributed by atoms with Crippen LogP contribution in [-0.4, -0.2) is 34.7 Å². The Bertz CT molecular complexity index is 202. The summed E-state index contributed by atoms with van der Waals surface area (Å²) < 4.78 is 0. The maximum Gasteiger partial charge on any atom is 0.0816 e. The van der Waals surface area contributed by atoms with Gasteiger partial charge in [-0.3, -0.25) is 4.90 Å². The van der Waals surface area contributed by atoms with Crippen molar-refractivity contribution in [2.24, 2.45) is 5.92 Å². The highest BCUT2D eigenvalue weighted by atomic mass is 16.3. The fourth-order valence-electron chi connectivity index (χ4n) is 2.60. The molecule has 2 nitrogen and oxygen atoms in total. The van der Waals surface area contributed by atoms with Gasteiger partial charge < -0.3 is 5.11 Å². The lowest BCUT2D eigenvalue weighted by atomic mass is 9.81. The molecule has 1 aliphatic heterocycles. The Morgan fingerprint density at radius 3 is 2.36 bits per heavy atom. The summed E-state index contributed by atoms with van der Waals surface area (Å²) in [6.07, 6.45) is 3.19. The van der Waals surface area contributed by atoms with Crippen molar-refractivity contribution in [1.29, 1.82) is 0 Å². The molecule has 0 saturated carbocycles. The Hall–Kier alpha value is -0.0800. The van der Waals surface area contributed by atoms with Crippen LogP contribution in [0.5, 0.6) is 0 Å². The van der Waals surface area contributed by atoms with Crippen molar-refractivity contribution in [3.63, 3.8) is 0 Å². The van der Waals surface area contributed by atoms with E-state index in [4.69, 9.17) is 0 Å². The van der Waals surface area contributed by atoms with E-state index in [9.17, 15) is 5.11 Å². The van der Waals surface area contributed by atoms with Crippen LogP contribution in [0, 0.1) is 5.92 Å². The molecule has 1 rings (SSSR count). The third-order valence-corrected chi connectivity index (χ3v) is 3.92. The van der Waals surface area contributed by atoms with Crippen molar-refractivity contribution in [3.05, 3.63) is 0 Å². The highest BCUT2D eigenvalue weighted by Crippen LogP contribution is 2.39. The summed E-state index contributed by atoms with van der Waals surface area (Å²) >= 11 is 0. The summed E-state index contributed by atoms with van der Waals surface area (Å²) in [6.45, 7) is 9.61. The van der Waals surface area contributed by atoms with Gasteiger partial charge in [-0.2, -0.15) is 0 Å². The summed E-state index contributed by atoms with van der Waals surface area (Å²) in [7, 11) is 2.11. The number of nitrogens with zero attached hydrogens (tertiary/aromatic N) is 1. The van der Waals surface area contributed by atoms with Crippen LogP contribution in [0.2, 0.25) is 0 Å². The Balaban J connectivity index is 2.69. The first-order valence-corrected chi connectivity index (χ1v) is 5.75. The van der Waals surface area contributed by atoms with Crippen molar-refractivity contribution >= 4 is 0 Å². The molecule has 14 heavy (non-hydrogen) atoms. The normalized spacial score (nSPS) is 34.7. The number of β-amino-alcohol motifs (C(OH)–C–C–N with tert-alkyl or cyclic N) is 1. The molecule has 1 heterocycles. The zero-order valence-electron chi connectivity index (χ0n) is 10.3. The van der Waals surface area contributed by atoms with E-state index in [-0.39, 0.29) is 5.54 Å². The van der Waals surface area contributed by atoms with E-state index in [0.29, 0.717) is 5.92 Å². The maximum absolute atomic E-state index is 10.6. The zero-order chi connectivity index (χ0) is 11.0. The molecule has 1 fully saturated rings. The van der Waals surface area contributed by atoms with Gasteiger partial charge in [0.25, 0.3) is 0 Å². The maximum atomic E-state index is 10.6. The molecular weight excluding hydrogens is 174 g/mol. The van der Waals surface area contributed by atoms with Crippen molar-refractivity contribution in [1.82, 2.24) is 4.90 Å². The number of likely N-dealkylation sites (tertiary alicyclic amines) is 1. The summed E-state index contributed by atoms with van der Waals surface area (Å²) in [5.41, 5.74) is -0.314. The van der Waals surface area contributed by atoms with Gasteiger partial charge in [-0.25, -0.2) is 0 Å². The van der Waals surface area contributed by atoms with E-state index in [1.54, 1.807) is 0 Å². The molecule has 0 amide bonds. The minimum absolute atomic E-state index is 0.150. The summed E-state index contributed by atoms with van der Waals surface area (Å²) in [5.74, 6) is 0.414. The van der Waals surface area contributed by atoms with Crippen molar-refractivity contribution in [3.8, 4) is 0 Å². The van der Waals surface area contributed by atoms with Crippen molar-refractivity contribution < 1.29 is 5.11 Å². The molecule has 0 aromatic heterocycles. The topological polar surface area (TPSA) is 23.5 Å². The molecule has 2 unspecified atom stereocenters. The van der Waals surface area contributed by atoms with Crippen molar-refractivity contribution in [2.75, 3.05) is 13.6 Å². The lowest BCUT2D eigenvalue weighted by Gasteiger charge is -2.30. The second-order valence-corrected chi connectivity index (χ2v) is 5.64. The van der Waals surface area contributed by atoms with Gasteiger partial charge in [0, 0.05) is 12.1 Å². The average molecular weight is 199 g/mol. The van der Waals surface area contributed by atoms with Gasteiger partial charge >= 0.3 is 0 Å². The number of aliphatic hydroxyl groups is 1. The third-order valence-electron chi connectivity index (χ3n) is 3.92. The fraction of sp³-hybridized carbons (Fsp3) is 1.00. The minimum atomic E-state index is -0.464. The number of likely N-dealkylation sites (N-methyl/N-ethyl adjacent to an activating group) is 1. The Morgan fingerprint density at radius 2 is 2.00 bits per heavy atom. The van der Waals surface area contributed by atoms with Gasteiger partial charge in [0.05, 0.1) is 5.60 Å². The van der Waals surface area contributed by atoms with Gasteiger partial charge in [0.2, 0.25) is 0 Å². The van der Waals surface area contributed by atoms with Crippen LogP contribution in [0.3, 0.4) is 0 Å². The molecule has 1 N–H and O–H groups in total. The molecule has 0 bridgehead atoms. The number of hydrogen-bond donors (Lipinski definition) is 1. The van der Waals surface area contributed by atoms with Gasteiger partial charge in [0.1, 0.15) is 0 Å². The van der Waals surface area contributed by atoms with E-state index in [2.05, 4.69) is 39.6 Å². The Kier molecular flexibility index (Phi) is 3.27. The van der Waals surface area contributed by atoms with Crippen LogP contribution in [0.25, 0.3) is 0 Å². The molecule has 1 aliphatic rings. The van der Waals surface area contributed by atoms with Gasteiger partial charge in [-0.15, -0.1) is 0 Å². The lowest BCUT2D eigenvalue weighted by Crippen LogP contribution is -2.38. The minimum Gasteiger partial charge on any atom is -0.388 e. The average Bonchev–Trinajstić information content (AvgIpc) is 2.23. The van der Waals surface area contributed by atoms with E-state index in [1.165, 1.54) is 0 Å². The molecule has 0 aromatic carbocycles. The number of hydrogen-bond acceptors (Lipinski definition) is 2. The molecule has 0 aromatic rings. The van der Waals surface area contributed by atoms with Crippen molar-refractivity contribution in [2.45, 2.75) is 58.1 Å². The van der Waals surface area contributed by atoms with Crippen LogP contribution in [0.4, 0.5) is 0 Å². The molecule has 2 heteroatoms. The standard InChI is InChI=1S/C12H25NO/c1-6-7-10(2)12(14)8-11(3,4)13(5)9-12/h10,14H,6-9H2,1-5H3. The molecule has 0 spiro atoms. The van der Waals surface area contributed by atoms with Crippen LogP contribution in [0.15, 0.2) is 0 Å². The first kappa shape index (κ1) is 12.0. The second-order valence-electron chi connectivity index (χ2n) is 5.64. The second kappa shape index (κ2) is 3.82. The molecule has 1 saturated heterocycles. The van der Waals surface area contributed by atoms with Crippen LogP contribution >= 0.6 is 0 Å². The lowest BCUT2D eigenvalue weighted by molar-refractivity contribution is -0.00496. The zero-order valence-corrected chi connectivity index (χ0v) is 10.3. The van der Waals surface area contributed by atoms with Crippen LogP contribution in [-0.2, 0) is 0 Å². The first-order chi connectivity index (χ1) is 6.32. The van der Waals surface area contributed by atoms with E-state index in [0.717, 1.165) is 25.8 Å². The van der Waals surface area contributed by atoms with E-state index in [1.807, 2.05) is 0 Å². The smallest absolute Gasteiger partial charge is 0.0816 e. The summed E-state index contributed by atoms with van der Waals surface area (Å²) in [4.78, 5) is 2.28. The summed E-state index contributed by atoms with van der Waals surface area (Å²) in [5, 5.41) is 10.6. The molecule has 0 aliphatic carbocycles. The molecule has 0 radical (unpaired) electrons. The molecule has 2 atom stereocenters. The predicted octanol–water partition coefficient (Wildman–Crippen LogP) is 2.27. The largest absolute Gasteiger partial charge is 0.388 e. The first-order valence-electron chi connectivity index (χ1n) is 5.75. The Labute approximate surface area is 88.3 Å². The third kappa shape index (κ3) is 2.12. The van der Waals surface area contributed by atoms with Gasteiger partial charge in [0.15, 0.2) is 0 Å². The summed E-state index contributed by atoms with van der Waals surface area (Å²) in [6, 6.07) is 0. The highest BCUT2D eigenvalue weighted by molar-refractivity contribution is 5.02. The SMILES string of the molecule is CCCC(C)C1(O)CN(C)C(C)(C)C1. The molecule has 84 valence electrons. The molecular formula is C12H25NO. The monoisotopic (exact) mass is 199 g/mol.